The summed E-state index contributed by atoms with van der Waals surface area (Å²) >= 11 is 0. The Morgan fingerprint density at radius 1 is 1.22 bits per heavy atom. The predicted octanol–water partition coefficient (Wildman–Crippen LogP) is 3.30. The first-order valence-corrected chi connectivity index (χ1v) is 9.40. The molecule has 0 bridgehead atoms. The van der Waals surface area contributed by atoms with E-state index in [1.165, 1.54) is 0 Å². The highest BCUT2D eigenvalue weighted by molar-refractivity contribution is 6.03. The standard InChI is InChI=1S/C20H25N5O2/c1-20(2,3)25-17(13-4-5-13)12-16(23-25)18(26)22-14-6-8-15(9-7-14)24-11-10-21-19(24)27/h6-9,12-13H,4-5,10-11H2,1-3H3,(H,21,27)(H,22,26). The second-order valence-corrected chi connectivity index (χ2v) is 8.20. The fraction of sp³-hybridized carbons (Fsp3) is 0.450. The minimum absolute atomic E-state index is 0.0906. The summed E-state index contributed by atoms with van der Waals surface area (Å²) in [5.41, 5.74) is 2.92. The molecule has 0 unspecified atom stereocenters. The summed E-state index contributed by atoms with van der Waals surface area (Å²) in [5, 5.41) is 10.3. The molecule has 27 heavy (non-hydrogen) atoms. The van der Waals surface area contributed by atoms with Gasteiger partial charge in [0.2, 0.25) is 0 Å². The average molecular weight is 367 g/mol. The van der Waals surface area contributed by atoms with Gasteiger partial charge in [-0.3, -0.25) is 14.4 Å². The molecule has 1 saturated carbocycles. The van der Waals surface area contributed by atoms with Gasteiger partial charge in [-0.2, -0.15) is 5.10 Å². The highest BCUT2D eigenvalue weighted by atomic mass is 16.2. The molecule has 2 fully saturated rings. The number of amides is 3. The van der Waals surface area contributed by atoms with Crippen LogP contribution in [0.5, 0.6) is 0 Å². The number of benzene rings is 1. The van der Waals surface area contributed by atoms with Gasteiger partial charge in [-0.25, -0.2) is 4.79 Å². The van der Waals surface area contributed by atoms with Crippen molar-refractivity contribution >= 4 is 23.3 Å². The van der Waals surface area contributed by atoms with Crippen LogP contribution < -0.4 is 15.5 Å². The molecular formula is C20H25N5O2. The molecule has 1 aromatic carbocycles. The van der Waals surface area contributed by atoms with E-state index in [4.69, 9.17) is 0 Å². The van der Waals surface area contributed by atoms with Crippen LogP contribution in [-0.2, 0) is 5.54 Å². The van der Waals surface area contributed by atoms with Crippen molar-refractivity contribution in [3.63, 3.8) is 0 Å². The Kier molecular flexibility index (Phi) is 4.17. The lowest BCUT2D eigenvalue weighted by Gasteiger charge is -2.22. The second-order valence-electron chi connectivity index (χ2n) is 8.20. The number of carbonyl (C=O) groups is 2. The van der Waals surface area contributed by atoms with E-state index >= 15 is 0 Å². The Balaban J connectivity index is 1.50. The number of rotatable bonds is 4. The number of hydrogen-bond acceptors (Lipinski definition) is 3. The molecule has 1 saturated heterocycles. The van der Waals surface area contributed by atoms with Crippen molar-refractivity contribution in [3.05, 3.63) is 41.7 Å². The fourth-order valence-corrected chi connectivity index (χ4v) is 3.35. The molecule has 0 spiro atoms. The third-order valence-corrected chi connectivity index (χ3v) is 4.89. The first kappa shape index (κ1) is 17.6. The van der Waals surface area contributed by atoms with Gasteiger partial charge in [0.1, 0.15) is 0 Å². The van der Waals surface area contributed by atoms with Crippen molar-refractivity contribution in [1.29, 1.82) is 0 Å². The lowest BCUT2D eigenvalue weighted by molar-refractivity contribution is 0.102. The number of aromatic nitrogens is 2. The van der Waals surface area contributed by atoms with Crippen LogP contribution in [0, 0.1) is 0 Å². The number of carbonyl (C=O) groups excluding carboxylic acids is 2. The molecule has 4 rings (SSSR count). The Bertz CT molecular complexity index is 875. The third-order valence-electron chi connectivity index (χ3n) is 4.89. The summed E-state index contributed by atoms with van der Waals surface area (Å²) in [6.07, 6.45) is 2.32. The quantitative estimate of drug-likeness (QED) is 0.870. The lowest BCUT2D eigenvalue weighted by atomic mass is 10.1. The van der Waals surface area contributed by atoms with Crippen LogP contribution in [0.3, 0.4) is 0 Å². The maximum atomic E-state index is 12.7. The van der Waals surface area contributed by atoms with E-state index in [1.807, 2.05) is 22.9 Å². The molecule has 0 radical (unpaired) electrons. The van der Waals surface area contributed by atoms with Crippen LogP contribution in [0.15, 0.2) is 30.3 Å². The van der Waals surface area contributed by atoms with Gasteiger partial charge >= 0.3 is 6.03 Å². The van der Waals surface area contributed by atoms with Gasteiger partial charge in [-0.1, -0.05) is 0 Å². The molecule has 7 heteroatoms. The summed E-state index contributed by atoms with van der Waals surface area (Å²) in [6, 6.07) is 9.12. The topological polar surface area (TPSA) is 79.3 Å². The first-order chi connectivity index (χ1) is 12.8. The number of hydrogen-bond donors (Lipinski definition) is 2. The Labute approximate surface area is 158 Å². The van der Waals surface area contributed by atoms with Crippen molar-refractivity contribution in [2.75, 3.05) is 23.3 Å². The maximum absolute atomic E-state index is 12.7. The zero-order chi connectivity index (χ0) is 19.2. The largest absolute Gasteiger partial charge is 0.336 e. The second kappa shape index (κ2) is 6.40. The van der Waals surface area contributed by atoms with Crippen LogP contribution in [0.25, 0.3) is 0 Å². The van der Waals surface area contributed by atoms with Gasteiger partial charge in [0.25, 0.3) is 5.91 Å². The predicted molar refractivity (Wildman–Crippen MR) is 104 cm³/mol. The lowest BCUT2D eigenvalue weighted by Crippen LogP contribution is -2.27. The number of nitrogens with one attached hydrogen (secondary N) is 2. The summed E-state index contributed by atoms with van der Waals surface area (Å²) < 4.78 is 1.98. The van der Waals surface area contributed by atoms with Gasteiger partial charge < -0.3 is 10.6 Å². The molecule has 1 aliphatic carbocycles. The van der Waals surface area contributed by atoms with E-state index in [0.717, 1.165) is 24.2 Å². The van der Waals surface area contributed by atoms with Crippen molar-refractivity contribution in [3.8, 4) is 0 Å². The Morgan fingerprint density at radius 3 is 2.48 bits per heavy atom. The average Bonchev–Trinajstić information content (AvgIpc) is 3.20. The molecule has 2 heterocycles. The van der Waals surface area contributed by atoms with Crippen LogP contribution in [0.2, 0.25) is 0 Å². The van der Waals surface area contributed by atoms with E-state index in [0.29, 0.717) is 30.4 Å². The monoisotopic (exact) mass is 367 g/mol. The molecule has 0 atom stereocenters. The van der Waals surface area contributed by atoms with Crippen LogP contribution >= 0.6 is 0 Å². The molecule has 7 nitrogen and oxygen atoms in total. The Morgan fingerprint density at radius 2 is 1.93 bits per heavy atom. The van der Waals surface area contributed by atoms with Gasteiger partial charge in [0.05, 0.1) is 5.54 Å². The van der Waals surface area contributed by atoms with Gasteiger partial charge in [-0.15, -0.1) is 0 Å². The van der Waals surface area contributed by atoms with Gasteiger partial charge in [0.15, 0.2) is 5.69 Å². The summed E-state index contributed by atoms with van der Waals surface area (Å²) in [5.74, 6) is 0.302. The first-order valence-electron chi connectivity index (χ1n) is 9.40. The molecule has 1 aromatic heterocycles. The van der Waals surface area contributed by atoms with Crippen LogP contribution in [0.4, 0.5) is 16.2 Å². The number of urea groups is 1. The molecule has 3 amide bonds. The minimum atomic E-state index is -0.216. The van der Waals surface area contributed by atoms with E-state index < -0.39 is 0 Å². The molecule has 142 valence electrons. The summed E-state index contributed by atoms with van der Waals surface area (Å²) in [4.78, 5) is 26.1. The van der Waals surface area contributed by atoms with Crippen molar-refractivity contribution in [2.24, 2.45) is 0 Å². The van der Waals surface area contributed by atoms with Gasteiger partial charge in [-0.05, 0) is 63.9 Å². The fourth-order valence-electron chi connectivity index (χ4n) is 3.35. The maximum Gasteiger partial charge on any atom is 0.321 e. The van der Waals surface area contributed by atoms with Crippen LogP contribution in [-0.4, -0.2) is 34.8 Å². The summed E-state index contributed by atoms with van der Waals surface area (Å²) in [7, 11) is 0. The number of nitrogens with zero attached hydrogens (tertiary/aromatic N) is 3. The normalized spacial score (nSPS) is 17.1. The van der Waals surface area contributed by atoms with E-state index in [9.17, 15) is 9.59 Å². The molecule has 2 aliphatic rings. The van der Waals surface area contributed by atoms with Crippen LogP contribution in [0.1, 0.15) is 55.7 Å². The van der Waals surface area contributed by atoms with Crippen molar-refractivity contribution < 1.29 is 9.59 Å². The summed E-state index contributed by atoms with van der Waals surface area (Å²) in [6.45, 7) is 7.60. The molecule has 1 aliphatic heterocycles. The van der Waals surface area contributed by atoms with E-state index in [-0.39, 0.29) is 17.5 Å². The molecular weight excluding hydrogens is 342 g/mol. The smallest absolute Gasteiger partial charge is 0.321 e. The van der Waals surface area contributed by atoms with Gasteiger partial charge in [0, 0.05) is 36.1 Å². The number of anilines is 2. The SMILES string of the molecule is CC(C)(C)n1nc(C(=O)Nc2ccc(N3CCNC3=O)cc2)cc1C1CC1. The minimum Gasteiger partial charge on any atom is -0.336 e. The molecule has 2 N–H and O–H groups in total. The highest BCUT2D eigenvalue weighted by Crippen LogP contribution is 2.41. The van der Waals surface area contributed by atoms with E-state index in [2.05, 4.69) is 36.5 Å². The highest BCUT2D eigenvalue weighted by Gasteiger charge is 2.32. The van der Waals surface area contributed by atoms with E-state index in [1.54, 1.807) is 17.0 Å². The Hall–Kier alpha value is -2.83. The third kappa shape index (κ3) is 3.54. The zero-order valence-corrected chi connectivity index (χ0v) is 16.0. The van der Waals surface area contributed by atoms with Crippen molar-refractivity contribution in [2.45, 2.75) is 45.1 Å². The van der Waals surface area contributed by atoms with Crippen molar-refractivity contribution in [1.82, 2.24) is 15.1 Å². The zero-order valence-electron chi connectivity index (χ0n) is 16.0. The molecule has 2 aromatic rings.